The number of anilines is 1. The third-order valence-corrected chi connectivity index (χ3v) is 6.99. The first-order valence-corrected chi connectivity index (χ1v) is 11.4. The molecule has 1 aromatic heterocycles. The third kappa shape index (κ3) is 4.32. The van der Waals surface area contributed by atoms with Crippen molar-refractivity contribution in [2.75, 3.05) is 11.4 Å². The highest BCUT2D eigenvalue weighted by Crippen LogP contribution is 2.31. The average molecular weight is 484 g/mol. The summed E-state index contributed by atoms with van der Waals surface area (Å²) in [4.78, 5) is 32.6. The number of halogens is 1. The van der Waals surface area contributed by atoms with Crippen molar-refractivity contribution in [3.8, 4) is 10.6 Å². The lowest BCUT2D eigenvalue weighted by molar-refractivity contribution is -0.126. The first-order chi connectivity index (χ1) is 14.4. The fraction of sp³-hybridized carbons (Fsp3) is 0.261. The molecule has 1 unspecified atom stereocenters. The Kier molecular flexibility index (Phi) is 6.01. The van der Waals surface area contributed by atoms with Gasteiger partial charge in [-0.3, -0.25) is 9.59 Å². The van der Waals surface area contributed by atoms with Gasteiger partial charge in [-0.1, -0.05) is 46.3 Å². The highest BCUT2D eigenvalue weighted by molar-refractivity contribution is 9.10. The molecule has 30 heavy (non-hydrogen) atoms. The molecule has 1 fully saturated rings. The molecule has 7 heteroatoms. The minimum Gasteiger partial charge on any atom is -0.351 e. The lowest BCUT2D eigenvalue weighted by Gasteiger charge is -2.17. The Labute approximate surface area is 188 Å². The maximum atomic E-state index is 12.7. The summed E-state index contributed by atoms with van der Waals surface area (Å²) in [6.07, 6.45) is 0.231. The van der Waals surface area contributed by atoms with Crippen LogP contribution in [0, 0.1) is 19.8 Å². The quantitative estimate of drug-likeness (QED) is 0.563. The van der Waals surface area contributed by atoms with Crippen LogP contribution in [0.3, 0.4) is 0 Å². The van der Waals surface area contributed by atoms with Gasteiger partial charge in [0.15, 0.2) is 0 Å². The van der Waals surface area contributed by atoms with Gasteiger partial charge in [0.2, 0.25) is 11.8 Å². The van der Waals surface area contributed by atoms with Gasteiger partial charge in [0.25, 0.3) is 0 Å². The zero-order chi connectivity index (χ0) is 21.3. The largest absolute Gasteiger partial charge is 0.351 e. The summed E-state index contributed by atoms with van der Waals surface area (Å²) in [5, 5.41) is 3.97. The smallest absolute Gasteiger partial charge is 0.227 e. The van der Waals surface area contributed by atoms with Crippen LogP contribution in [-0.2, 0) is 16.1 Å². The maximum absolute atomic E-state index is 12.7. The van der Waals surface area contributed by atoms with Crippen LogP contribution in [0.1, 0.15) is 22.6 Å². The van der Waals surface area contributed by atoms with Crippen molar-refractivity contribution in [2.45, 2.75) is 26.8 Å². The topological polar surface area (TPSA) is 62.3 Å². The third-order valence-electron chi connectivity index (χ3n) is 5.31. The molecular weight excluding hydrogens is 462 g/mol. The highest BCUT2D eigenvalue weighted by atomic mass is 79.9. The summed E-state index contributed by atoms with van der Waals surface area (Å²) in [6.45, 7) is 4.86. The van der Waals surface area contributed by atoms with E-state index in [4.69, 9.17) is 0 Å². The molecule has 2 amide bonds. The molecule has 2 heterocycles. The van der Waals surface area contributed by atoms with Crippen LogP contribution >= 0.6 is 27.3 Å². The summed E-state index contributed by atoms with van der Waals surface area (Å²) >= 11 is 5.03. The van der Waals surface area contributed by atoms with Crippen molar-refractivity contribution in [3.63, 3.8) is 0 Å². The monoisotopic (exact) mass is 483 g/mol. The van der Waals surface area contributed by atoms with Gasteiger partial charge in [0.05, 0.1) is 18.2 Å². The van der Waals surface area contributed by atoms with Gasteiger partial charge in [-0.15, -0.1) is 11.3 Å². The maximum Gasteiger partial charge on any atom is 0.227 e. The Morgan fingerprint density at radius 1 is 1.23 bits per heavy atom. The number of aromatic nitrogens is 1. The van der Waals surface area contributed by atoms with E-state index in [-0.39, 0.29) is 24.2 Å². The first kappa shape index (κ1) is 20.8. The van der Waals surface area contributed by atoms with Crippen LogP contribution in [0.25, 0.3) is 10.6 Å². The number of nitrogens with zero attached hydrogens (tertiary/aromatic N) is 2. The predicted octanol–water partition coefficient (Wildman–Crippen LogP) is 4.86. The first-order valence-electron chi connectivity index (χ1n) is 9.78. The van der Waals surface area contributed by atoms with Crippen LogP contribution in [0.15, 0.2) is 53.0 Å². The number of rotatable bonds is 5. The normalized spacial score (nSPS) is 16.2. The molecule has 1 aliphatic rings. The Bertz CT molecular complexity index is 1110. The van der Waals surface area contributed by atoms with Crippen LogP contribution < -0.4 is 10.2 Å². The fourth-order valence-electron chi connectivity index (χ4n) is 3.61. The SMILES string of the molecule is Cc1ccccc1-c1nc(C)c(CNC(=O)C2CC(=O)N(c3cccc(Br)c3)C2)s1. The van der Waals surface area contributed by atoms with Crippen molar-refractivity contribution < 1.29 is 9.59 Å². The molecule has 1 aliphatic heterocycles. The van der Waals surface area contributed by atoms with Gasteiger partial charge in [0.1, 0.15) is 5.01 Å². The molecule has 4 rings (SSSR count). The Hall–Kier alpha value is -2.51. The van der Waals surface area contributed by atoms with Gasteiger partial charge >= 0.3 is 0 Å². The van der Waals surface area contributed by atoms with Crippen molar-refractivity contribution in [3.05, 3.63) is 69.1 Å². The molecule has 0 aliphatic carbocycles. The van der Waals surface area contributed by atoms with E-state index >= 15 is 0 Å². The summed E-state index contributed by atoms with van der Waals surface area (Å²) < 4.78 is 0.908. The summed E-state index contributed by atoms with van der Waals surface area (Å²) in [5.74, 6) is -0.462. The zero-order valence-electron chi connectivity index (χ0n) is 16.8. The molecule has 5 nitrogen and oxygen atoms in total. The summed E-state index contributed by atoms with van der Waals surface area (Å²) in [5.41, 5.74) is 4.04. The Balaban J connectivity index is 1.41. The van der Waals surface area contributed by atoms with Crippen molar-refractivity contribution in [1.82, 2.24) is 10.3 Å². The van der Waals surface area contributed by atoms with Gasteiger partial charge < -0.3 is 10.2 Å². The number of benzene rings is 2. The number of aryl methyl sites for hydroxylation is 2. The van der Waals surface area contributed by atoms with E-state index in [1.54, 1.807) is 16.2 Å². The van der Waals surface area contributed by atoms with Gasteiger partial charge in [-0.05, 0) is 37.6 Å². The van der Waals surface area contributed by atoms with Crippen molar-refractivity contribution in [2.24, 2.45) is 5.92 Å². The Morgan fingerprint density at radius 3 is 2.80 bits per heavy atom. The average Bonchev–Trinajstić information content (AvgIpc) is 3.29. The molecule has 1 atom stereocenters. The van der Waals surface area contributed by atoms with Crippen LogP contribution in [-0.4, -0.2) is 23.3 Å². The standard InChI is InChI=1S/C23H22BrN3O2S/c1-14-6-3-4-9-19(14)23-26-15(2)20(30-23)12-25-22(29)16-10-21(28)27(13-16)18-8-5-7-17(24)11-18/h3-9,11,16H,10,12-13H2,1-2H3,(H,25,29). The van der Waals surface area contributed by atoms with E-state index < -0.39 is 0 Å². The predicted molar refractivity (Wildman–Crippen MR) is 123 cm³/mol. The second-order valence-electron chi connectivity index (χ2n) is 7.45. The van der Waals surface area contributed by atoms with E-state index in [1.165, 1.54) is 5.56 Å². The zero-order valence-corrected chi connectivity index (χ0v) is 19.2. The lowest BCUT2D eigenvalue weighted by Crippen LogP contribution is -2.32. The Morgan fingerprint density at radius 2 is 2.03 bits per heavy atom. The van der Waals surface area contributed by atoms with E-state index in [1.807, 2.05) is 43.3 Å². The molecule has 154 valence electrons. The molecule has 0 saturated carbocycles. The second-order valence-corrected chi connectivity index (χ2v) is 9.44. The lowest BCUT2D eigenvalue weighted by atomic mass is 10.1. The summed E-state index contributed by atoms with van der Waals surface area (Å²) in [6, 6.07) is 15.7. The minimum absolute atomic E-state index is 0.0240. The van der Waals surface area contributed by atoms with Crippen LogP contribution in [0.4, 0.5) is 5.69 Å². The number of hydrogen-bond acceptors (Lipinski definition) is 4. The molecule has 0 bridgehead atoms. The number of amides is 2. The molecule has 3 aromatic rings. The van der Waals surface area contributed by atoms with E-state index in [2.05, 4.69) is 45.3 Å². The minimum atomic E-state index is -0.347. The van der Waals surface area contributed by atoms with E-state index in [9.17, 15) is 9.59 Å². The van der Waals surface area contributed by atoms with Crippen LogP contribution in [0.2, 0.25) is 0 Å². The number of thiazole rings is 1. The van der Waals surface area contributed by atoms with Gasteiger partial charge in [0, 0.05) is 33.6 Å². The number of carbonyl (C=O) groups is 2. The molecule has 0 spiro atoms. The number of hydrogen-bond donors (Lipinski definition) is 1. The van der Waals surface area contributed by atoms with E-state index in [0.29, 0.717) is 13.1 Å². The molecular formula is C23H22BrN3O2S. The molecule has 0 radical (unpaired) electrons. The number of carbonyl (C=O) groups excluding carboxylic acids is 2. The van der Waals surface area contributed by atoms with Crippen molar-refractivity contribution >= 4 is 44.8 Å². The molecule has 1 N–H and O–H groups in total. The number of nitrogens with one attached hydrogen (secondary N) is 1. The fourth-order valence-corrected chi connectivity index (χ4v) is 5.09. The van der Waals surface area contributed by atoms with E-state index in [0.717, 1.165) is 31.3 Å². The van der Waals surface area contributed by atoms with Gasteiger partial charge in [-0.2, -0.15) is 0 Å². The van der Waals surface area contributed by atoms with Crippen LogP contribution in [0.5, 0.6) is 0 Å². The van der Waals surface area contributed by atoms with Gasteiger partial charge in [-0.25, -0.2) is 4.98 Å². The van der Waals surface area contributed by atoms with Crippen molar-refractivity contribution in [1.29, 1.82) is 0 Å². The molecule has 1 saturated heterocycles. The second kappa shape index (κ2) is 8.70. The summed E-state index contributed by atoms with van der Waals surface area (Å²) in [7, 11) is 0. The molecule has 2 aromatic carbocycles. The highest BCUT2D eigenvalue weighted by Gasteiger charge is 2.35.